The molecule has 1 aliphatic heterocycles. The lowest BCUT2D eigenvalue weighted by molar-refractivity contribution is 0.707. The smallest absolute Gasteiger partial charge is 0.0506 e. The molecule has 1 aliphatic rings. The zero-order chi connectivity index (χ0) is 18.7. The standard InChI is InChI=1S/C25H25NS/c1-25(2)16-22(18-27-17-19-9-5-3-6-10-19)23-15-21(13-14-24(23)26-25)20-11-7-4-8-12-20/h3-16,26H,17-18H2,1-2H3. The summed E-state index contributed by atoms with van der Waals surface area (Å²) in [6.45, 7) is 4.48. The van der Waals surface area contributed by atoms with Crippen molar-refractivity contribution in [2.75, 3.05) is 11.1 Å². The molecule has 3 aromatic carbocycles. The third kappa shape index (κ3) is 4.28. The van der Waals surface area contributed by atoms with E-state index in [1.807, 2.05) is 11.8 Å². The van der Waals surface area contributed by atoms with E-state index in [2.05, 4.69) is 104 Å². The van der Waals surface area contributed by atoms with Crippen molar-refractivity contribution in [2.24, 2.45) is 0 Å². The van der Waals surface area contributed by atoms with Gasteiger partial charge in [-0.05, 0) is 48.2 Å². The van der Waals surface area contributed by atoms with Gasteiger partial charge in [0.25, 0.3) is 0 Å². The van der Waals surface area contributed by atoms with E-state index in [1.165, 1.54) is 33.5 Å². The van der Waals surface area contributed by atoms with E-state index in [0.717, 1.165) is 11.5 Å². The molecule has 3 aromatic rings. The fraction of sp³-hybridized carbons (Fsp3) is 0.200. The van der Waals surface area contributed by atoms with Crippen LogP contribution in [0.5, 0.6) is 0 Å². The molecule has 136 valence electrons. The highest BCUT2D eigenvalue weighted by Gasteiger charge is 2.24. The topological polar surface area (TPSA) is 12.0 Å². The van der Waals surface area contributed by atoms with E-state index in [-0.39, 0.29) is 5.54 Å². The van der Waals surface area contributed by atoms with Crippen molar-refractivity contribution in [3.05, 3.63) is 96.1 Å². The molecule has 1 heterocycles. The van der Waals surface area contributed by atoms with Gasteiger partial charge in [0.15, 0.2) is 0 Å². The normalized spacial score (nSPS) is 14.8. The van der Waals surface area contributed by atoms with Crippen LogP contribution in [0.3, 0.4) is 0 Å². The van der Waals surface area contributed by atoms with Crippen LogP contribution >= 0.6 is 11.8 Å². The highest BCUT2D eigenvalue weighted by atomic mass is 32.2. The summed E-state index contributed by atoms with van der Waals surface area (Å²) in [5.74, 6) is 2.06. The Kier molecular flexibility index (Phi) is 5.09. The molecule has 0 bridgehead atoms. The molecule has 1 N–H and O–H groups in total. The maximum absolute atomic E-state index is 3.67. The summed E-state index contributed by atoms with van der Waals surface area (Å²) < 4.78 is 0. The number of thioether (sulfide) groups is 1. The first-order chi connectivity index (χ1) is 13.1. The molecule has 0 saturated heterocycles. The van der Waals surface area contributed by atoms with Crippen molar-refractivity contribution >= 4 is 23.0 Å². The highest BCUT2D eigenvalue weighted by Crippen LogP contribution is 2.38. The van der Waals surface area contributed by atoms with Crippen LogP contribution in [0.1, 0.15) is 25.0 Å². The van der Waals surface area contributed by atoms with Crippen molar-refractivity contribution in [3.8, 4) is 11.1 Å². The van der Waals surface area contributed by atoms with Crippen LogP contribution in [0.15, 0.2) is 84.9 Å². The fourth-order valence-electron chi connectivity index (χ4n) is 3.60. The number of benzene rings is 3. The molecule has 1 nitrogen and oxygen atoms in total. The van der Waals surface area contributed by atoms with Crippen LogP contribution in [0.4, 0.5) is 5.69 Å². The van der Waals surface area contributed by atoms with Gasteiger partial charge in [-0.3, -0.25) is 0 Å². The van der Waals surface area contributed by atoms with Gasteiger partial charge in [-0.1, -0.05) is 72.8 Å². The van der Waals surface area contributed by atoms with E-state index >= 15 is 0 Å². The van der Waals surface area contributed by atoms with Crippen LogP contribution in [-0.4, -0.2) is 11.3 Å². The lowest BCUT2D eigenvalue weighted by Crippen LogP contribution is -2.32. The lowest BCUT2D eigenvalue weighted by Gasteiger charge is -2.32. The van der Waals surface area contributed by atoms with Crippen molar-refractivity contribution in [2.45, 2.75) is 25.1 Å². The third-order valence-corrected chi connectivity index (χ3v) is 5.89. The van der Waals surface area contributed by atoms with Gasteiger partial charge in [0.05, 0.1) is 5.54 Å². The van der Waals surface area contributed by atoms with Gasteiger partial charge in [-0.2, -0.15) is 11.8 Å². The third-order valence-electron chi connectivity index (χ3n) is 4.83. The predicted molar refractivity (Wildman–Crippen MR) is 120 cm³/mol. The average Bonchev–Trinajstić information content (AvgIpc) is 2.68. The second-order valence-corrected chi connectivity index (χ2v) is 8.61. The summed E-state index contributed by atoms with van der Waals surface area (Å²) in [5.41, 5.74) is 7.89. The van der Waals surface area contributed by atoms with Gasteiger partial charge in [-0.15, -0.1) is 0 Å². The maximum atomic E-state index is 3.67. The quantitative estimate of drug-likeness (QED) is 0.525. The molecule has 2 heteroatoms. The Bertz CT molecular complexity index is 943. The zero-order valence-corrected chi connectivity index (χ0v) is 16.7. The van der Waals surface area contributed by atoms with Gasteiger partial charge in [0, 0.05) is 22.8 Å². The van der Waals surface area contributed by atoms with Crippen molar-refractivity contribution < 1.29 is 0 Å². The largest absolute Gasteiger partial charge is 0.376 e. The summed E-state index contributed by atoms with van der Waals surface area (Å²) in [5, 5.41) is 3.67. The summed E-state index contributed by atoms with van der Waals surface area (Å²) in [4.78, 5) is 0. The number of nitrogens with one attached hydrogen (secondary N) is 1. The summed E-state index contributed by atoms with van der Waals surface area (Å²) in [7, 11) is 0. The minimum Gasteiger partial charge on any atom is -0.376 e. The molecule has 4 rings (SSSR count). The lowest BCUT2D eigenvalue weighted by atomic mass is 9.89. The first-order valence-corrected chi connectivity index (χ1v) is 10.6. The van der Waals surface area contributed by atoms with Crippen LogP contribution in [-0.2, 0) is 5.75 Å². The summed E-state index contributed by atoms with van der Waals surface area (Å²) in [6, 6.07) is 28.1. The summed E-state index contributed by atoms with van der Waals surface area (Å²) >= 11 is 1.98. The molecule has 27 heavy (non-hydrogen) atoms. The molecule has 0 spiro atoms. The minimum atomic E-state index is -0.0239. The molecule has 0 unspecified atom stereocenters. The second kappa shape index (κ2) is 7.66. The molecule has 0 atom stereocenters. The Morgan fingerprint density at radius 1 is 0.778 bits per heavy atom. The molecule has 0 aromatic heterocycles. The molecule has 0 fully saturated rings. The monoisotopic (exact) mass is 371 g/mol. The molecule has 0 aliphatic carbocycles. The summed E-state index contributed by atoms with van der Waals surface area (Å²) in [6.07, 6.45) is 2.39. The number of hydrogen-bond acceptors (Lipinski definition) is 2. The minimum absolute atomic E-state index is 0.0239. The number of hydrogen-bond donors (Lipinski definition) is 1. The molecule has 0 radical (unpaired) electrons. The Morgan fingerprint density at radius 2 is 1.48 bits per heavy atom. The Labute approximate surface area is 166 Å². The fourth-order valence-corrected chi connectivity index (χ4v) is 4.59. The number of anilines is 1. The van der Waals surface area contributed by atoms with Crippen molar-refractivity contribution in [1.29, 1.82) is 0 Å². The van der Waals surface area contributed by atoms with E-state index in [4.69, 9.17) is 0 Å². The van der Waals surface area contributed by atoms with Gasteiger partial charge < -0.3 is 5.32 Å². The predicted octanol–water partition coefficient (Wildman–Crippen LogP) is 6.87. The van der Waals surface area contributed by atoms with Gasteiger partial charge in [0.1, 0.15) is 0 Å². The Balaban J connectivity index is 1.60. The first-order valence-electron chi connectivity index (χ1n) is 9.42. The molecule has 0 saturated carbocycles. The molecular weight excluding hydrogens is 346 g/mol. The van der Waals surface area contributed by atoms with Gasteiger partial charge >= 0.3 is 0 Å². The molecular formula is C25H25NS. The van der Waals surface area contributed by atoms with Crippen molar-refractivity contribution in [1.82, 2.24) is 0 Å². The Morgan fingerprint density at radius 3 is 2.22 bits per heavy atom. The highest BCUT2D eigenvalue weighted by molar-refractivity contribution is 7.98. The maximum Gasteiger partial charge on any atom is 0.0506 e. The molecule has 0 amide bonds. The van der Waals surface area contributed by atoms with Crippen LogP contribution < -0.4 is 5.32 Å². The van der Waals surface area contributed by atoms with Crippen LogP contribution in [0, 0.1) is 0 Å². The van der Waals surface area contributed by atoms with Gasteiger partial charge in [0.2, 0.25) is 0 Å². The number of fused-ring (bicyclic) bond motifs is 1. The van der Waals surface area contributed by atoms with Crippen LogP contribution in [0.2, 0.25) is 0 Å². The van der Waals surface area contributed by atoms with Gasteiger partial charge in [-0.25, -0.2) is 0 Å². The van der Waals surface area contributed by atoms with Crippen molar-refractivity contribution in [3.63, 3.8) is 0 Å². The first kappa shape index (κ1) is 17.9. The van der Waals surface area contributed by atoms with E-state index in [9.17, 15) is 0 Å². The SMILES string of the molecule is CC1(C)C=C(CSCc2ccccc2)c2cc(-c3ccccc3)ccc2N1. The number of rotatable bonds is 5. The average molecular weight is 372 g/mol. The van der Waals surface area contributed by atoms with Crippen LogP contribution in [0.25, 0.3) is 16.7 Å². The van der Waals surface area contributed by atoms with E-state index in [0.29, 0.717) is 0 Å². The van der Waals surface area contributed by atoms with E-state index < -0.39 is 0 Å². The van der Waals surface area contributed by atoms with E-state index in [1.54, 1.807) is 0 Å². The second-order valence-electron chi connectivity index (χ2n) is 7.62. The Hall–Kier alpha value is -2.45. The zero-order valence-electron chi connectivity index (χ0n) is 15.9.